The molecule has 0 N–H and O–H groups in total. The van der Waals surface area contributed by atoms with Gasteiger partial charge in [-0.25, -0.2) is 0 Å². The zero-order valence-electron chi connectivity index (χ0n) is 15.1. The van der Waals surface area contributed by atoms with Gasteiger partial charge >= 0.3 is 0 Å². The van der Waals surface area contributed by atoms with Crippen molar-refractivity contribution in [3.8, 4) is 0 Å². The predicted octanol–water partition coefficient (Wildman–Crippen LogP) is 2.78. The van der Waals surface area contributed by atoms with Gasteiger partial charge in [-0.2, -0.15) is 0 Å². The summed E-state index contributed by atoms with van der Waals surface area (Å²) in [5, 5.41) is 0.605. The van der Waals surface area contributed by atoms with Crippen molar-refractivity contribution in [3.05, 3.63) is 29.3 Å². The fraction of sp³-hybridized carbons (Fsp3) is 0.600. The molecule has 1 atom stereocenters. The number of hydrogen-bond donors (Lipinski definition) is 0. The first-order valence-corrected chi connectivity index (χ1v) is 10.1. The normalized spacial score (nSPS) is 25.3. The third-order valence-corrected chi connectivity index (χ3v) is 6.30. The molecule has 1 unspecified atom stereocenters. The molecule has 2 amide bonds. The van der Waals surface area contributed by atoms with E-state index < -0.39 is 0 Å². The fourth-order valence-corrected chi connectivity index (χ4v) is 4.79. The number of carbonyl (C=O) groups excluding carboxylic acids is 2. The molecule has 1 saturated carbocycles. The van der Waals surface area contributed by atoms with Crippen LogP contribution in [-0.2, 0) is 9.59 Å². The summed E-state index contributed by atoms with van der Waals surface area (Å²) in [5.41, 5.74) is 0.781. The Kier molecular flexibility index (Phi) is 5.18. The number of amides is 2. The van der Waals surface area contributed by atoms with Gasteiger partial charge in [-0.1, -0.05) is 30.5 Å². The van der Waals surface area contributed by atoms with Gasteiger partial charge in [0.1, 0.15) is 0 Å². The van der Waals surface area contributed by atoms with E-state index in [2.05, 4.69) is 4.90 Å². The number of carbonyl (C=O) groups is 2. The van der Waals surface area contributed by atoms with Crippen LogP contribution in [-0.4, -0.2) is 60.4 Å². The van der Waals surface area contributed by atoms with Gasteiger partial charge < -0.3 is 9.80 Å². The highest BCUT2D eigenvalue weighted by atomic mass is 35.5. The van der Waals surface area contributed by atoms with E-state index >= 15 is 0 Å². The van der Waals surface area contributed by atoms with Gasteiger partial charge in [-0.05, 0) is 31.0 Å². The lowest BCUT2D eigenvalue weighted by molar-refractivity contribution is -0.137. The lowest BCUT2D eigenvalue weighted by Gasteiger charge is -2.38. The summed E-state index contributed by atoms with van der Waals surface area (Å²) in [4.78, 5) is 31.5. The van der Waals surface area contributed by atoms with Gasteiger partial charge in [0.2, 0.25) is 11.8 Å². The second-order valence-corrected chi connectivity index (χ2v) is 8.12. The Hall–Kier alpha value is -1.59. The molecule has 0 radical (unpaired) electrons. The van der Waals surface area contributed by atoms with Crippen molar-refractivity contribution in [2.24, 2.45) is 5.92 Å². The molecule has 2 heterocycles. The van der Waals surface area contributed by atoms with E-state index in [1.165, 1.54) is 25.7 Å². The molecular weight excluding hydrogens is 350 g/mol. The van der Waals surface area contributed by atoms with Crippen molar-refractivity contribution >= 4 is 29.1 Å². The summed E-state index contributed by atoms with van der Waals surface area (Å²) in [7, 11) is 0. The zero-order chi connectivity index (χ0) is 18.1. The van der Waals surface area contributed by atoms with Gasteiger partial charge in [0.25, 0.3) is 0 Å². The molecule has 1 aliphatic carbocycles. The standard InChI is InChI=1S/C20H26ClN3O2/c21-16-4-3-7-18(13-16)24-14-15(12-19(24)25)20(26)23-10-8-22(9-11-23)17-5-1-2-6-17/h3-4,7,13,15,17H,1-2,5-6,8-12,14H2. The molecule has 140 valence electrons. The molecule has 3 aliphatic rings. The van der Waals surface area contributed by atoms with Gasteiger partial charge in [0, 0.05) is 55.9 Å². The topological polar surface area (TPSA) is 43.9 Å². The summed E-state index contributed by atoms with van der Waals surface area (Å²) < 4.78 is 0. The van der Waals surface area contributed by atoms with Gasteiger partial charge in [-0.15, -0.1) is 0 Å². The SMILES string of the molecule is O=C(C1CC(=O)N(c2cccc(Cl)c2)C1)N1CCN(C2CCCC2)CC1. The zero-order valence-corrected chi connectivity index (χ0v) is 15.8. The molecule has 5 nitrogen and oxygen atoms in total. The number of halogens is 1. The van der Waals surface area contributed by atoms with Crippen LogP contribution in [0.25, 0.3) is 0 Å². The van der Waals surface area contributed by atoms with Crippen molar-refractivity contribution in [2.45, 2.75) is 38.1 Å². The van der Waals surface area contributed by atoms with Crippen LogP contribution in [0, 0.1) is 5.92 Å². The molecule has 0 spiro atoms. The van der Waals surface area contributed by atoms with Crippen LogP contribution < -0.4 is 4.90 Å². The Morgan fingerprint density at radius 2 is 1.81 bits per heavy atom. The first-order chi connectivity index (χ1) is 12.6. The van der Waals surface area contributed by atoms with Crippen molar-refractivity contribution < 1.29 is 9.59 Å². The van der Waals surface area contributed by atoms with Gasteiger partial charge in [0.05, 0.1) is 5.92 Å². The minimum Gasteiger partial charge on any atom is -0.340 e. The minimum absolute atomic E-state index is 0.00945. The number of nitrogens with zero attached hydrogens (tertiary/aromatic N) is 3. The van der Waals surface area contributed by atoms with E-state index in [0.717, 1.165) is 37.9 Å². The van der Waals surface area contributed by atoms with Crippen LogP contribution in [0.5, 0.6) is 0 Å². The van der Waals surface area contributed by atoms with Gasteiger partial charge in [0.15, 0.2) is 0 Å². The smallest absolute Gasteiger partial charge is 0.228 e. The molecule has 2 aliphatic heterocycles. The number of piperazine rings is 1. The van der Waals surface area contributed by atoms with E-state index in [1.54, 1.807) is 17.0 Å². The summed E-state index contributed by atoms with van der Waals surface area (Å²) in [6, 6.07) is 8.00. The summed E-state index contributed by atoms with van der Waals surface area (Å²) in [6.45, 7) is 3.97. The fourth-order valence-electron chi connectivity index (χ4n) is 4.60. The van der Waals surface area contributed by atoms with Crippen LogP contribution in [0.4, 0.5) is 5.69 Å². The molecule has 6 heteroatoms. The first kappa shape index (κ1) is 17.8. The Morgan fingerprint density at radius 1 is 1.08 bits per heavy atom. The number of rotatable bonds is 3. The van der Waals surface area contributed by atoms with Crippen LogP contribution in [0.15, 0.2) is 24.3 Å². The van der Waals surface area contributed by atoms with E-state index in [-0.39, 0.29) is 17.7 Å². The first-order valence-electron chi connectivity index (χ1n) is 9.70. The van der Waals surface area contributed by atoms with Crippen molar-refractivity contribution in [2.75, 3.05) is 37.6 Å². The second kappa shape index (κ2) is 7.57. The maximum Gasteiger partial charge on any atom is 0.228 e. The lowest BCUT2D eigenvalue weighted by Crippen LogP contribution is -2.52. The highest BCUT2D eigenvalue weighted by Crippen LogP contribution is 2.29. The third-order valence-electron chi connectivity index (χ3n) is 6.06. The Morgan fingerprint density at radius 3 is 2.50 bits per heavy atom. The molecule has 26 heavy (non-hydrogen) atoms. The molecule has 0 bridgehead atoms. The van der Waals surface area contributed by atoms with Crippen LogP contribution >= 0.6 is 11.6 Å². The molecule has 1 aromatic rings. The quantitative estimate of drug-likeness (QED) is 0.816. The maximum atomic E-state index is 12.9. The molecule has 1 aromatic carbocycles. The minimum atomic E-state index is -0.237. The molecular formula is C20H26ClN3O2. The number of anilines is 1. The van der Waals surface area contributed by atoms with Crippen molar-refractivity contribution in [1.29, 1.82) is 0 Å². The van der Waals surface area contributed by atoms with Crippen LogP contribution in [0.1, 0.15) is 32.1 Å². The average molecular weight is 376 g/mol. The average Bonchev–Trinajstić information content (AvgIpc) is 3.31. The Balaban J connectivity index is 1.35. The molecule has 0 aromatic heterocycles. The third kappa shape index (κ3) is 3.60. The summed E-state index contributed by atoms with van der Waals surface area (Å²) in [6.07, 6.45) is 5.59. The van der Waals surface area contributed by atoms with Crippen molar-refractivity contribution in [1.82, 2.24) is 9.80 Å². The second-order valence-electron chi connectivity index (χ2n) is 7.68. The Bertz CT molecular complexity index is 681. The lowest BCUT2D eigenvalue weighted by atomic mass is 10.1. The van der Waals surface area contributed by atoms with E-state index in [1.807, 2.05) is 17.0 Å². The van der Waals surface area contributed by atoms with Crippen LogP contribution in [0.2, 0.25) is 5.02 Å². The number of hydrogen-bond acceptors (Lipinski definition) is 3. The molecule has 3 fully saturated rings. The highest BCUT2D eigenvalue weighted by Gasteiger charge is 2.38. The highest BCUT2D eigenvalue weighted by molar-refractivity contribution is 6.31. The van der Waals surface area contributed by atoms with Crippen LogP contribution in [0.3, 0.4) is 0 Å². The monoisotopic (exact) mass is 375 g/mol. The summed E-state index contributed by atoms with van der Waals surface area (Å²) in [5.74, 6) is -0.0938. The summed E-state index contributed by atoms with van der Waals surface area (Å²) >= 11 is 6.04. The van der Waals surface area contributed by atoms with E-state index in [4.69, 9.17) is 11.6 Å². The van der Waals surface area contributed by atoms with Gasteiger partial charge in [-0.3, -0.25) is 14.5 Å². The van der Waals surface area contributed by atoms with E-state index in [0.29, 0.717) is 18.0 Å². The molecule has 2 saturated heterocycles. The maximum absolute atomic E-state index is 12.9. The molecule has 4 rings (SSSR count). The van der Waals surface area contributed by atoms with E-state index in [9.17, 15) is 9.59 Å². The van der Waals surface area contributed by atoms with Crippen molar-refractivity contribution in [3.63, 3.8) is 0 Å². The predicted molar refractivity (Wildman–Crippen MR) is 102 cm³/mol. The Labute approximate surface area is 159 Å². The number of benzene rings is 1. The largest absolute Gasteiger partial charge is 0.340 e.